The van der Waals surface area contributed by atoms with Crippen molar-refractivity contribution in [2.45, 2.75) is 40.9 Å². The summed E-state index contributed by atoms with van der Waals surface area (Å²) in [6.45, 7) is 2.98. The monoisotopic (exact) mass is 407 g/mol. The lowest BCUT2D eigenvalue weighted by molar-refractivity contribution is -0.131. The maximum Gasteiger partial charge on any atom is 0.233 e. The predicted octanol–water partition coefficient (Wildman–Crippen LogP) is 4.01. The Morgan fingerprint density at radius 1 is 1.12 bits per heavy atom. The maximum atomic E-state index is 12.4. The number of hydrogen-bond acceptors (Lipinski definition) is 7. The molecule has 1 aromatic carbocycles. The standard InChI is InChI=1S/C18H21N3O2S3/c1-13-7-5-6-10-21(13)16(23)12-25-18-20-19-17(26-18)24-11-15(22)14-8-3-2-4-9-14/h2-4,8-9,13H,5-7,10-12H2,1H3/t13-/m1/s1. The molecule has 1 aliphatic heterocycles. The van der Waals surface area contributed by atoms with E-state index >= 15 is 0 Å². The molecule has 0 saturated carbocycles. The Morgan fingerprint density at radius 3 is 2.50 bits per heavy atom. The van der Waals surface area contributed by atoms with Crippen LogP contribution in [0.3, 0.4) is 0 Å². The van der Waals surface area contributed by atoms with Crippen LogP contribution in [0, 0.1) is 0 Å². The van der Waals surface area contributed by atoms with Crippen molar-refractivity contribution in [3.63, 3.8) is 0 Å². The zero-order valence-corrected chi connectivity index (χ0v) is 17.0. The van der Waals surface area contributed by atoms with Crippen molar-refractivity contribution in [2.24, 2.45) is 0 Å². The van der Waals surface area contributed by atoms with Crippen LogP contribution < -0.4 is 0 Å². The number of ketones is 1. The van der Waals surface area contributed by atoms with Gasteiger partial charge in [-0.1, -0.05) is 65.2 Å². The van der Waals surface area contributed by atoms with Crippen LogP contribution in [0.25, 0.3) is 0 Å². The largest absolute Gasteiger partial charge is 0.339 e. The maximum absolute atomic E-state index is 12.4. The van der Waals surface area contributed by atoms with E-state index in [1.54, 1.807) is 0 Å². The lowest BCUT2D eigenvalue weighted by Gasteiger charge is -2.33. The first kappa shape index (κ1) is 19.4. The van der Waals surface area contributed by atoms with E-state index in [9.17, 15) is 9.59 Å². The van der Waals surface area contributed by atoms with Gasteiger partial charge in [-0.25, -0.2) is 0 Å². The third-order valence-corrected chi connectivity index (χ3v) is 7.43. The highest BCUT2D eigenvalue weighted by molar-refractivity contribution is 8.03. The van der Waals surface area contributed by atoms with Crippen molar-refractivity contribution in [1.82, 2.24) is 15.1 Å². The highest BCUT2D eigenvalue weighted by Crippen LogP contribution is 2.29. The van der Waals surface area contributed by atoms with E-state index < -0.39 is 0 Å². The Balaban J connectivity index is 1.46. The molecule has 0 aliphatic carbocycles. The van der Waals surface area contributed by atoms with E-state index in [-0.39, 0.29) is 11.7 Å². The molecule has 0 radical (unpaired) electrons. The molecule has 0 unspecified atom stereocenters. The molecule has 1 amide bonds. The van der Waals surface area contributed by atoms with Crippen LogP contribution >= 0.6 is 34.9 Å². The second-order valence-electron chi connectivity index (χ2n) is 6.13. The predicted molar refractivity (Wildman–Crippen MR) is 107 cm³/mol. The molecule has 0 spiro atoms. The zero-order chi connectivity index (χ0) is 18.4. The molecular weight excluding hydrogens is 386 g/mol. The first-order valence-electron chi connectivity index (χ1n) is 8.60. The molecule has 1 fully saturated rings. The molecule has 0 bridgehead atoms. The molecule has 1 aromatic heterocycles. The van der Waals surface area contributed by atoms with E-state index in [0.29, 0.717) is 23.1 Å². The topological polar surface area (TPSA) is 63.2 Å². The summed E-state index contributed by atoms with van der Waals surface area (Å²) < 4.78 is 1.54. The molecule has 138 valence electrons. The van der Waals surface area contributed by atoms with Gasteiger partial charge in [0.05, 0.1) is 11.5 Å². The summed E-state index contributed by atoms with van der Waals surface area (Å²) in [6, 6.07) is 9.58. The number of thioether (sulfide) groups is 2. The van der Waals surface area contributed by atoms with Crippen LogP contribution in [0.4, 0.5) is 0 Å². The van der Waals surface area contributed by atoms with Gasteiger partial charge in [0.1, 0.15) is 0 Å². The fourth-order valence-corrected chi connectivity index (χ4v) is 5.62. The van der Waals surface area contributed by atoms with Crippen LogP contribution in [0.2, 0.25) is 0 Å². The van der Waals surface area contributed by atoms with E-state index in [4.69, 9.17) is 0 Å². The van der Waals surface area contributed by atoms with Gasteiger partial charge in [-0.3, -0.25) is 9.59 Å². The van der Waals surface area contributed by atoms with Crippen LogP contribution in [-0.4, -0.2) is 50.9 Å². The minimum absolute atomic E-state index is 0.0780. The van der Waals surface area contributed by atoms with Crippen molar-refractivity contribution in [1.29, 1.82) is 0 Å². The lowest BCUT2D eigenvalue weighted by atomic mass is 10.0. The van der Waals surface area contributed by atoms with Crippen LogP contribution in [-0.2, 0) is 4.79 Å². The first-order chi connectivity index (χ1) is 12.6. The number of rotatable bonds is 7. The highest BCUT2D eigenvalue weighted by Gasteiger charge is 2.23. The van der Waals surface area contributed by atoms with E-state index in [1.807, 2.05) is 35.2 Å². The van der Waals surface area contributed by atoms with E-state index in [1.165, 1.54) is 41.3 Å². The van der Waals surface area contributed by atoms with Crippen molar-refractivity contribution < 1.29 is 9.59 Å². The molecule has 1 saturated heterocycles. The van der Waals surface area contributed by atoms with Gasteiger partial charge in [0, 0.05) is 18.2 Å². The summed E-state index contributed by atoms with van der Waals surface area (Å²) in [5.41, 5.74) is 0.709. The molecule has 3 rings (SSSR count). The Kier molecular flexibility index (Phi) is 7.10. The number of nitrogens with zero attached hydrogens (tertiary/aromatic N) is 3. The van der Waals surface area contributed by atoms with Crippen molar-refractivity contribution in [3.8, 4) is 0 Å². The average molecular weight is 408 g/mol. The number of aromatic nitrogens is 2. The molecule has 2 aromatic rings. The molecule has 26 heavy (non-hydrogen) atoms. The molecule has 5 nitrogen and oxygen atoms in total. The van der Waals surface area contributed by atoms with Crippen LogP contribution in [0.1, 0.15) is 36.5 Å². The molecule has 8 heteroatoms. The SMILES string of the molecule is C[C@@H]1CCCCN1C(=O)CSc1nnc(SCC(=O)c2ccccc2)s1. The number of hydrogen-bond donors (Lipinski definition) is 0. The Hall–Kier alpha value is -1.38. The highest BCUT2D eigenvalue weighted by atomic mass is 32.2. The number of piperidine rings is 1. The summed E-state index contributed by atoms with van der Waals surface area (Å²) in [7, 11) is 0. The van der Waals surface area contributed by atoms with Gasteiger partial charge in [-0.05, 0) is 26.2 Å². The fraction of sp³-hybridized carbons (Fsp3) is 0.444. The third kappa shape index (κ3) is 5.31. The van der Waals surface area contributed by atoms with Gasteiger partial charge >= 0.3 is 0 Å². The van der Waals surface area contributed by atoms with Gasteiger partial charge in [0.15, 0.2) is 14.5 Å². The molecule has 2 heterocycles. The number of carbonyl (C=O) groups excluding carboxylic acids is 2. The number of benzene rings is 1. The summed E-state index contributed by atoms with van der Waals surface area (Å²) in [4.78, 5) is 26.5. The van der Waals surface area contributed by atoms with Crippen LogP contribution in [0.15, 0.2) is 39.0 Å². The van der Waals surface area contributed by atoms with Gasteiger partial charge < -0.3 is 4.90 Å². The summed E-state index contributed by atoms with van der Waals surface area (Å²) in [6.07, 6.45) is 3.39. The Morgan fingerprint density at radius 2 is 1.81 bits per heavy atom. The van der Waals surface area contributed by atoms with Gasteiger partial charge in [0.2, 0.25) is 5.91 Å². The fourth-order valence-electron chi connectivity index (χ4n) is 2.82. The Bertz CT molecular complexity index is 751. The van der Waals surface area contributed by atoms with Gasteiger partial charge in [-0.15, -0.1) is 10.2 Å². The van der Waals surface area contributed by atoms with Crippen molar-refractivity contribution in [2.75, 3.05) is 18.1 Å². The Labute approximate surface area is 166 Å². The van der Waals surface area contributed by atoms with Crippen LogP contribution in [0.5, 0.6) is 0 Å². The van der Waals surface area contributed by atoms with Gasteiger partial charge in [-0.2, -0.15) is 0 Å². The average Bonchev–Trinajstić information content (AvgIpc) is 3.13. The number of amides is 1. The quantitative estimate of drug-likeness (QED) is 0.510. The minimum atomic E-state index is 0.0780. The number of likely N-dealkylation sites (tertiary alicyclic amines) is 1. The summed E-state index contributed by atoms with van der Waals surface area (Å²) in [5, 5.41) is 8.25. The molecule has 1 atom stereocenters. The smallest absolute Gasteiger partial charge is 0.233 e. The third-order valence-electron chi connectivity index (χ3n) is 4.25. The van der Waals surface area contributed by atoms with Crippen molar-refractivity contribution >= 4 is 46.6 Å². The van der Waals surface area contributed by atoms with Gasteiger partial charge in [0.25, 0.3) is 0 Å². The summed E-state index contributed by atoms with van der Waals surface area (Å²) >= 11 is 4.26. The first-order valence-corrected chi connectivity index (χ1v) is 11.4. The lowest BCUT2D eigenvalue weighted by Crippen LogP contribution is -2.42. The summed E-state index contributed by atoms with van der Waals surface area (Å²) in [5.74, 6) is 0.986. The number of carbonyl (C=O) groups is 2. The minimum Gasteiger partial charge on any atom is -0.339 e. The second-order valence-corrected chi connectivity index (χ2v) is 9.55. The van der Waals surface area contributed by atoms with E-state index in [2.05, 4.69) is 17.1 Å². The molecular formula is C18H21N3O2S3. The van der Waals surface area contributed by atoms with Crippen molar-refractivity contribution in [3.05, 3.63) is 35.9 Å². The zero-order valence-electron chi connectivity index (χ0n) is 14.6. The molecule has 1 aliphatic rings. The number of Topliss-reactive ketones (excluding diaryl/α,β-unsaturated/α-hetero) is 1. The molecule has 0 N–H and O–H groups in total. The second kappa shape index (κ2) is 9.53. The normalized spacial score (nSPS) is 17.3. The van der Waals surface area contributed by atoms with E-state index in [0.717, 1.165) is 28.1 Å².